The van der Waals surface area contributed by atoms with E-state index in [-0.39, 0.29) is 24.0 Å². The lowest BCUT2D eigenvalue weighted by Gasteiger charge is -2.06. The largest absolute Gasteiger partial charge is 0.399 e. The summed E-state index contributed by atoms with van der Waals surface area (Å²) in [6.45, 7) is 0.777. The van der Waals surface area contributed by atoms with Gasteiger partial charge >= 0.3 is 0 Å². The van der Waals surface area contributed by atoms with E-state index in [1.807, 2.05) is 0 Å². The first-order valence-electron chi connectivity index (χ1n) is 7.41. The van der Waals surface area contributed by atoms with Crippen LogP contribution in [0.3, 0.4) is 0 Å². The molecular formula is C16H19ClN6O3. The number of nitrogens with one attached hydrogen (secondary N) is 2. The van der Waals surface area contributed by atoms with Crippen LogP contribution in [0.15, 0.2) is 42.6 Å². The summed E-state index contributed by atoms with van der Waals surface area (Å²) in [7, 11) is 0. The van der Waals surface area contributed by atoms with Crippen molar-refractivity contribution in [2.24, 2.45) is 0 Å². The minimum Gasteiger partial charge on any atom is -0.399 e. The molecule has 1 aromatic carbocycles. The van der Waals surface area contributed by atoms with Gasteiger partial charge in [-0.1, -0.05) is 0 Å². The van der Waals surface area contributed by atoms with Gasteiger partial charge in [0.05, 0.1) is 4.92 Å². The van der Waals surface area contributed by atoms with E-state index < -0.39 is 4.92 Å². The Morgan fingerprint density at radius 2 is 2.00 bits per heavy atom. The van der Waals surface area contributed by atoms with E-state index in [0.29, 0.717) is 35.8 Å². The molecule has 6 N–H and O–H groups in total. The zero-order valence-electron chi connectivity index (χ0n) is 13.7. The lowest BCUT2D eigenvalue weighted by molar-refractivity contribution is -0.385. The number of nitro groups is 1. The molecule has 1 heterocycles. The van der Waals surface area contributed by atoms with Gasteiger partial charge in [-0.25, -0.2) is 4.98 Å². The van der Waals surface area contributed by atoms with E-state index >= 15 is 0 Å². The van der Waals surface area contributed by atoms with Crippen LogP contribution in [0, 0.1) is 10.1 Å². The number of rotatable bonds is 7. The highest BCUT2D eigenvalue weighted by Crippen LogP contribution is 2.16. The maximum Gasteiger partial charge on any atom is 0.287 e. The van der Waals surface area contributed by atoms with Crippen molar-refractivity contribution in [1.29, 1.82) is 0 Å². The van der Waals surface area contributed by atoms with Gasteiger partial charge in [0.2, 0.25) is 5.91 Å². The standard InChI is InChI=1S/C16H18N6O3.ClH/c17-12-2-4-14(18)11(9-12)1-6-16(23)20-8-7-19-15-5-3-13(10-21-15)22(24)25;/h1-6,9-10H,7-8,17-18H2,(H,19,21)(H,20,23);1H. The number of carbonyl (C=O) groups is 1. The van der Waals surface area contributed by atoms with Crippen LogP contribution in [0.25, 0.3) is 6.08 Å². The van der Waals surface area contributed by atoms with Gasteiger partial charge in [0.1, 0.15) is 12.0 Å². The Bertz CT molecular complexity index is 795. The normalized spacial score (nSPS) is 10.2. The molecule has 0 aliphatic rings. The topological polar surface area (TPSA) is 149 Å². The Labute approximate surface area is 156 Å². The van der Waals surface area contributed by atoms with E-state index in [0.717, 1.165) is 0 Å². The summed E-state index contributed by atoms with van der Waals surface area (Å²) in [5, 5.41) is 16.2. The first kappa shape index (κ1) is 20.7. The molecule has 0 atom stereocenters. The van der Waals surface area contributed by atoms with Crippen molar-refractivity contribution in [3.8, 4) is 0 Å². The quantitative estimate of drug-likeness (QED) is 0.189. The molecule has 26 heavy (non-hydrogen) atoms. The van der Waals surface area contributed by atoms with Crippen LogP contribution in [0.5, 0.6) is 0 Å². The van der Waals surface area contributed by atoms with Gasteiger partial charge in [0.25, 0.3) is 5.69 Å². The molecule has 2 aromatic rings. The third-order valence-corrected chi connectivity index (χ3v) is 3.21. The summed E-state index contributed by atoms with van der Waals surface area (Å²) in [5.41, 5.74) is 13.2. The van der Waals surface area contributed by atoms with Crippen LogP contribution >= 0.6 is 12.4 Å². The number of anilines is 3. The molecule has 0 saturated carbocycles. The second-order valence-corrected chi connectivity index (χ2v) is 5.10. The molecule has 0 spiro atoms. The fraction of sp³-hybridized carbons (Fsp3) is 0.125. The molecule has 10 heteroatoms. The van der Waals surface area contributed by atoms with Gasteiger partial charge in [-0.2, -0.15) is 0 Å². The first-order chi connectivity index (χ1) is 12.0. The number of hydrogen-bond acceptors (Lipinski definition) is 7. The van der Waals surface area contributed by atoms with Gasteiger partial charge in [-0.05, 0) is 35.9 Å². The molecule has 0 bridgehead atoms. The zero-order valence-corrected chi connectivity index (χ0v) is 14.5. The molecule has 0 aliphatic heterocycles. The number of nitrogens with zero attached hydrogens (tertiary/aromatic N) is 2. The average molecular weight is 379 g/mol. The lowest BCUT2D eigenvalue weighted by atomic mass is 10.1. The summed E-state index contributed by atoms with van der Waals surface area (Å²) in [5.74, 6) is 0.211. The number of aromatic nitrogens is 1. The Hall–Kier alpha value is -3.33. The highest BCUT2D eigenvalue weighted by Gasteiger charge is 2.04. The molecule has 0 saturated heterocycles. The molecule has 0 aliphatic carbocycles. The molecule has 138 valence electrons. The number of carbonyl (C=O) groups excluding carboxylic acids is 1. The third-order valence-electron chi connectivity index (χ3n) is 3.21. The van der Waals surface area contributed by atoms with E-state index in [1.54, 1.807) is 24.3 Å². The molecule has 1 amide bonds. The highest BCUT2D eigenvalue weighted by molar-refractivity contribution is 5.92. The number of amides is 1. The van der Waals surface area contributed by atoms with Gasteiger partial charge in [-0.15, -0.1) is 12.4 Å². The number of halogens is 1. The predicted octanol–water partition coefficient (Wildman–Crippen LogP) is 1.82. The van der Waals surface area contributed by atoms with Crippen molar-refractivity contribution in [3.05, 3.63) is 58.3 Å². The lowest BCUT2D eigenvalue weighted by Crippen LogP contribution is -2.27. The van der Waals surface area contributed by atoms with E-state index in [9.17, 15) is 14.9 Å². The van der Waals surface area contributed by atoms with Crippen molar-refractivity contribution in [2.75, 3.05) is 29.9 Å². The summed E-state index contributed by atoms with van der Waals surface area (Å²) in [6, 6.07) is 7.90. The van der Waals surface area contributed by atoms with Gasteiger partial charge in [0, 0.05) is 36.6 Å². The minimum atomic E-state index is -0.517. The summed E-state index contributed by atoms with van der Waals surface area (Å²) < 4.78 is 0. The molecule has 2 rings (SSSR count). The number of nitrogen functional groups attached to an aromatic ring is 2. The molecule has 9 nitrogen and oxygen atoms in total. The van der Waals surface area contributed by atoms with Crippen LogP contribution < -0.4 is 22.1 Å². The summed E-state index contributed by atoms with van der Waals surface area (Å²) in [6.07, 6.45) is 4.13. The Morgan fingerprint density at radius 1 is 1.23 bits per heavy atom. The molecule has 0 fully saturated rings. The van der Waals surface area contributed by atoms with Crippen LogP contribution in [0.4, 0.5) is 22.9 Å². The van der Waals surface area contributed by atoms with E-state index in [1.165, 1.54) is 24.4 Å². The average Bonchev–Trinajstić information content (AvgIpc) is 2.60. The third kappa shape index (κ3) is 6.29. The molecule has 1 aromatic heterocycles. The Morgan fingerprint density at radius 3 is 2.65 bits per heavy atom. The number of benzene rings is 1. The smallest absolute Gasteiger partial charge is 0.287 e. The van der Waals surface area contributed by atoms with Crippen LogP contribution in [-0.2, 0) is 4.79 Å². The Kier molecular flexibility index (Phi) is 7.84. The SMILES string of the molecule is Cl.Nc1ccc(N)c(C=CC(=O)NCCNc2ccc([N+](=O)[O-])cn2)c1. The predicted molar refractivity (Wildman–Crippen MR) is 104 cm³/mol. The van der Waals surface area contributed by atoms with Crippen molar-refractivity contribution in [3.63, 3.8) is 0 Å². The van der Waals surface area contributed by atoms with Crippen molar-refractivity contribution >= 4 is 47.3 Å². The van der Waals surface area contributed by atoms with Gasteiger partial charge in [0.15, 0.2) is 0 Å². The summed E-state index contributed by atoms with van der Waals surface area (Å²) in [4.78, 5) is 25.7. The maximum atomic E-state index is 11.8. The van der Waals surface area contributed by atoms with Crippen LogP contribution in [0.1, 0.15) is 5.56 Å². The van der Waals surface area contributed by atoms with Crippen LogP contribution in [-0.4, -0.2) is 28.9 Å². The second kappa shape index (κ2) is 9.84. The van der Waals surface area contributed by atoms with Gasteiger partial charge < -0.3 is 22.1 Å². The van der Waals surface area contributed by atoms with Gasteiger partial charge in [-0.3, -0.25) is 14.9 Å². The van der Waals surface area contributed by atoms with Crippen molar-refractivity contribution in [1.82, 2.24) is 10.3 Å². The van der Waals surface area contributed by atoms with Crippen LogP contribution in [0.2, 0.25) is 0 Å². The monoisotopic (exact) mass is 378 g/mol. The Balaban J connectivity index is 0.00000338. The first-order valence-corrected chi connectivity index (χ1v) is 7.41. The number of hydrogen-bond donors (Lipinski definition) is 4. The van der Waals surface area contributed by atoms with E-state index in [2.05, 4.69) is 15.6 Å². The maximum absolute atomic E-state index is 11.8. The molecular weight excluding hydrogens is 360 g/mol. The fourth-order valence-corrected chi connectivity index (χ4v) is 1.94. The minimum absolute atomic E-state index is 0. The number of nitrogens with two attached hydrogens (primary N) is 2. The van der Waals surface area contributed by atoms with Crippen molar-refractivity contribution < 1.29 is 9.72 Å². The summed E-state index contributed by atoms with van der Waals surface area (Å²) >= 11 is 0. The zero-order chi connectivity index (χ0) is 18.2. The molecule has 0 unspecified atom stereocenters. The molecule has 0 radical (unpaired) electrons. The van der Waals surface area contributed by atoms with E-state index in [4.69, 9.17) is 11.5 Å². The second-order valence-electron chi connectivity index (χ2n) is 5.10. The fourth-order valence-electron chi connectivity index (χ4n) is 1.94. The number of pyridine rings is 1. The highest BCUT2D eigenvalue weighted by atomic mass is 35.5. The van der Waals surface area contributed by atoms with Crippen molar-refractivity contribution in [2.45, 2.75) is 0 Å².